The molecule has 18 fully saturated rings. The maximum atomic E-state index is 11.4. The van der Waals surface area contributed by atoms with Crippen molar-refractivity contribution in [3.63, 3.8) is 0 Å². The zero-order chi connectivity index (χ0) is 96.7. The molecule has 2 unspecified atom stereocenters. The summed E-state index contributed by atoms with van der Waals surface area (Å²) < 4.78 is 5.48. The van der Waals surface area contributed by atoms with E-state index in [4.69, 9.17) is 4.74 Å². The lowest BCUT2D eigenvalue weighted by Gasteiger charge is -2.55. The number of hydrogen-bond acceptors (Lipinski definition) is 12. The maximum Gasteiger partial charge on any atom is 0.219 e. The van der Waals surface area contributed by atoms with Crippen LogP contribution >= 0.6 is 0 Å². The molecule has 0 aromatic carbocycles. The van der Waals surface area contributed by atoms with Gasteiger partial charge in [-0.1, -0.05) is 151 Å². The van der Waals surface area contributed by atoms with E-state index in [9.17, 15) is 4.79 Å². The van der Waals surface area contributed by atoms with Crippen molar-refractivity contribution in [2.45, 2.75) is 576 Å². The Labute approximate surface area is 806 Å². The Hall–Kier alpha value is -0.970. The number of nitrogens with zero attached hydrogens (tertiary/aromatic N) is 11. The molecular weight excluding hydrogens is 1580 g/mol. The molecule has 12 saturated heterocycles. The quantitative estimate of drug-likeness (QED) is 0.117. The molecule has 0 aromatic rings. The summed E-state index contributed by atoms with van der Waals surface area (Å²) in [5, 5.41) is 0. The van der Waals surface area contributed by atoms with Crippen LogP contribution in [0.5, 0.6) is 0 Å². The third-order valence-corrected chi connectivity index (χ3v) is 36.6. The van der Waals surface area contributed by atoms with Crippen molar-refractivity contribution < 1.29 is 9.53 Å². The molecule has 12 aliphatic heterocycles. The minimum atomic E-state index is 0.212. The first-order valence-electron chi connectivity index (χ1n) is 56.8. The van der Waals surface area contributed by atoms with E-state index in [0.717, 1.165) is 224 Å². The van der Waals surface area contributed by atoms with Crippen molar-refractivity contribution in [3.05, 3.63) is 0 Å². The van der Waals surface area contributed by atoms with Gasteiger partial charge in [0.1, 0.15) is 0 Å². The summed E-state index contributed by atoms with van der Waals surface area (Å²) in [5.74, 6) is 13.3. The molecule has 129 heavy (non-hydrogen) atoms. The van der Waals surface area contributed by atoms with Crippen LogP contribution in [0.2, 0.25) is 0 Å². The number of rotatable bonds is 20. The van der Waals surface area contributed by atoms with E-state index in [-0.39, 0.29) is 5.91 Å². The largest absolute Gasteiger partial charge is 0.378 e. The third-order valence-electron chi connectivity index (χ3n) is 36.6. The lowest BCUT2D eigenvalue weighted by Crippen LogP contribution is -2.59. The Kier molecular flexibility index (Phi) is 46.3. The van der Waals surface area contributed by atoms with Gasteiger partial charge in [0.2, 0.25) is 5.91 Å². The van der Waals surface area contributed by atoms with Crippen molar-refractivity contribution in [1.29, 1.82) is 0 Å². The highest BCUT2D eigenvalue weighted by atomic mass is 16.5. The van der Waals surface area contributed by atoms with Crippen LogP contribution in [0.15, 0.2) is 0 Å². The Morgan fingerprint density at radius 2 is 0.674 bits per heavy atom. The van der Waals surface area contributed by atoms with Gasteiger partial charge >= 0.3 is 0 Å². The molecule has 14 atom stereocenters. The van der Waals surface area contributed by atoms with E-state index < -0.39 is 0 Å². The second kappa shape index (κ2) is 52.0. The molecule has 6 saturated carbocycles. The summed E-state index contributed by atoms with van der Waals surface area (Å²) >= 11 is 0. The van der Waals surface area contributed by atoms with Crippen LogP contribution in [0.4, 0.5) is 0 Å². The van der Waals surface area contributed by atoms with Crippen LogP contribution < -0.4 is 0 Å². The summed E-state index contributed by atoms with van der Waals surface area (Å²) in [6.45, 7) is 108. The number of carbonyl (C=O) groups is 1. The van der Waals surface area contributed by atoms with Crippen molar-refractivity contribution in [1.82, 2.24) is 53.9 Å². The van der Waals surface area contributed by atoms with E-state index in [2.05, 4.69) is 326 Å². The zero-order valence-electron chi connectivity index (χ0n) is 94.3. The number of hydrogen-bond donors (Lipinski definition) is 0. The van der Waals surface area contributed by atoms with Crippen molar-refractivity contribution in [3.8, 4) is 0 Å². The van der Waals surface area contributed by atoms with Crippen LogP contribution in [0.1, 0.15) is 438 Å². The number of carbonyl (C=O) groups excluding carboxylic acids is 1. The maximum absolute atomic E-state index is 11.4. The number of likely N-dealkylation sites (tertiary alicyclic amines) is 6. The van der Waals surface area contributed by atoms with Gasteiger partial charge in [0.25, 0.3) is 0 Å². The summed E-state index contributed by atoms with van der Waals surface area (Å²) in [7, 11) is 0. The van der Waals surface area contributed by atoms with Crippen LogP contribution in [0.3, 0.4) is 0 Å². The second-order valence-electron chi connectivity index (χ2n) is 52.1. The number of piperazine rings is 1. The summed E-state index contributed by atoms with van der Waals surface area (Å²) in [4.78, 5) is 40.4. The molecule has 0 radical (unpaired) electrons. The first-order valence-corrected chi connectivity index (χ1v) is 56.8. The first kappa shape index (κ1) is 115. The second-order valence-corrected chi connectivity index (χ2v) is 52.1. The van der Waals surface area contributed by atoms with Gasteiger partial charge in [-0.05, 0) is 387 Å². The normalized spacial score (nSPS) is 33.6. The average Bonchev–Trinajstić information content (AvgIpc) is 1.55. The molecule has 6 aliphatic carbocycles. The fourth-order valence-electron chi connectivity index (χ4n) is 30.0. The molecule has 1 spiro atoms. The fraction of sp³-hybridized carbons (Fsp3) is 0.991. The van der Waals surface area contributed by atoms with Gasteiger partial charge in [0.05, 0.1) is 13.2 Å². The van der Waals surface area contributed by atoms with Crippen molar-refractivity contribution in [2.75, 3.05) is 72.1 Å². The van der Waals surface area contributed by atoms with E-state index >= 15 is 0 Å². The number of ether oxygens (including phenoxy) is 1. The standard InChI is InChI=1S/2C13H25N.C12H24N2O.3C12H23N.C11H21N.C11H23N.C10H21NO.C10H21N/c1-9(2)13-11-5-7-12(8-6-11)14(13)10(3)4;1-10(2)13-7-5-6-12(8-13)9-14(13)11(3)4;1-9(2)12-8-13(11(5)15)6-7-14(12)10(3)4;1-9(2)11-7-12(5-6-12)8-13(11)10(3)4;2*1-8(2)12-10-5-6-11(7-10)13(12)9(3)4;1-8(2)11-5-10(6-11)7-12(11)9(3)4;1-9(2)11-7-5-6-8-12(11)10(3)4;1-8(2)10-7-12-6-5-11(10)9(3)4;1-8(2)10-6-5-7-11(10)9(3)4/h9-13H,5-8H2,1-4H3;10-12H,5-9H2,1-4H3;9-10,12H,6-8H2,1-5H3;9-11H,5-8H2,1-4H3;2*8-12H,5-7H2,1-4H3;8-10H,5-7H2,1-4H3;9-11H,5-8H2,1-4H3;8-10H,5-7H2,1-4H3;8-10H,5-7H2,1-4H3/t11?,12?,13-;12-,13-;12-;11-;10?,11?,12-;10-,11+,12+;;11-;2*10-/m100010.000/s1. The fourth-order valence-corrected chi connectivity index (χ4v) is 30.0. The van der Waals surface area contributed by atoms with E-state index in [1.54, 1.807) is 6.92 Å². The molecule has 10 bridgehead atoms. The Morgan fingerprint density at radius 3 is 1.03 bits per heavy atom. The van der Waals surface area contributed by atoms with E-state index in [1.807, 2.05) is 4.90 Å². The molecule has 1 amide bonds. The molecule has 13 heteroatoms. The zero-order valence-corrected chi connectivity index (χ0v) is 94.3. The topological polar surface area (TPSA) is 61.9 Å². The number of morpholine rings is 1. The lowest BCUT2D eigenvalue weighted by molar-refractivity contribution is -0.132. The average molecular weight is 1810 g/mol. The number of amides is 1. The highest BCUT2D eigenvalue weighted by Crippen LogP contribution is 2.58. The van der Waals surface area contributed by atoms with Crippen LogP contribution in [-0.4, -0.2) is 270 Å². The monoisotopic (exact) mass is 1810 g/mol. The minimum Gasteiger partial charge on any atom is -0.378 e. The van der Waals surface area contributed by atoms with Gasteiger partial charge in [-0.3, -0.25) is 53.8 Å². The van der Waals surface area contributed by atoms with Gasteiger partial charge in [-0.25, -0.2) is 0 Å². The smallest absolute Gasteiger partial charge is 0.219 e. The SMILES string of the molecule is CC(=O)N1CCN(C(C)C)[C@H](C(C)C)C1.CC(C)N1CC2CC1(C(C)C)C2.CC(C)N1C[C@H]2CCC[C@@]1(C(C)C)C2.CC(C)[C@@H]1C2CCC(C2)N1C(C)C.CC(C)[C@@H]1C2CCC(CC2)N1C(C)C.CC(C)[C@@H]1CC2(CC2)CN1C(C)C.CC(C)[C@@H]1CCCCN1C(C)C.CC(C)[C@@H]1CCCN1C(C)C.CC(C)[C@@H]1COCCN1C(C)C.CC(C)[C@@H]1[C@H]2CC[C@H](C2)N1C(C)C. The Bertz CT molecular complexity index is 2870. The van der Waals surface area contributed by atoms with Crippen molar-refractivity contribution >= 4 is 5.91 Å². The predicted molar refractivity (Wildman–Crippen MR) is 563 cm³/mol. The van der Waals surface area contributed by atoms with Crippen molar-refractivity contribution in [2.24, 2.45) is 94.2 Å². The van der Waals surface area contributed by atoms with Crippen LogP contribution in [-0.2, 0) is 9.53 Å². The lowest BCUT2D eigenvalue weighted by atomic mass is 9.67. The third kappa shape index (κ3) is 30.1. The summed E-state index contributed by atoms with van der Waals surface area (Å²) in [5.41, 5.74) is 1.95. The van der Waals surface area contributed by atoms with Gasteiger partial charge in [0, 0.05) is 191 Å². The molecule has 12 heterocycles. The minimum absolute atomic E-state index is 0.212. The molecule has 760 valence electrons. The molecule has 18 rings (SSSR count). The Balaban J connectivity index is 0.000000196. The van der Waals surface area contributed by atoms with E-state index in [0.29, 0.717) is 47.1 Å². The predicted octanol–water partition coefficient (Wildman–Crippen LogP) is 26.6. The molecule has 18 aliphatic rings. The van der Waals surface area contributed by atoms with Gasteiger partial charge in [-0.15, -0.1) is 0 Å². The van der Waals surface area contributed by atoms with Crippen LogP contribution in [0, 0.1) is 94.2 Å². The first-order chi connectivity index (χ1) is 60.3. The number of piperidine rings is 5. The van der Waals surface area contributed by atoms with Gasteiger partial charge < -0.3 is 9.64 Å². The Morgan fingerprint density at radius 1 is 0.295 bits per heavy atom. The van der Waals surface area contributed by atoms with Gasteiger partial charge in [0.15, 0.2) is 0 Å². The van der Waals surface area contributed by atoms with Gasteiger partial charge in [-0.2, -0.15) is 0 Å². The highest BCUT2D eigenvalue weighted by Gasteiger charge is 2.59. The van der Waals surface area contributed by atoms with Crippen LogP contribution in [0.25, 0.3) is 0 Å². The summed E-state index contributed by atoms with van der Waals surface area (Å²) in [6, 6.07) is 16.3. The highest BCUT2D eigenvalue weighted by molar-refractivity contribution is 5.73. The number of fused-ring (bicyclic) bond motifs is 10. The molecule has 0 N–H and O–H groups in total. The molecular formula is C116H229N11O2. The molecule has 13 nitrogen and oxygen atoms in total. The van der Waals surface area contributed by atoms with E-state index in [1.165, 1.54) is 187 Å². The molecule has 0 aromatic heterocycles. The summed E-state index contributed by atoms with van der Waals surface area (Å²) in [6.07, 6.45) is 35.2.